The lowest BCUT2D eigenvalue weighted by Gasteiger charge is -2.15. The molecular formula is C18H30N2O. The van der Waals surface area contributed by atoms with Crippen molar-refractivity contribution in [2.45, 2.75) is 53.0 Å². The van der Waals surface area contributed by atoms with Crippen LogP contribution in [0.1, 0.15) is 57.7 Å². The summed E-state index contributed by atoms with van der Waals surface area (Å²) in [4.78, 5) is 11.4. The third-order valence-electron chi connectivity index (χ3n) is 3.70. The molecule has 0 aromatic heterocycles. The number of amides is 1. The van der Waals surface area contributed by atoms with Gasteiger partial charge in [-0.15, -0.1) is 0 Å². The molecular weight excluding hydrogens is 260 g/mol. The molecule has 3 nitrogen and oxygen atoms in total. The summed E-state index contributed by atoms with van der Waals surface area (Å²) < 4.78 is 0. The van der Waals surface area contributed by atoms with Crippen LogP contribution >= 0.6 is 0 Å². The molecule has 21 heavy (non-hydrogen) atoms. The molecule has 0 aliphatic carbocycles. The molecule has 2 N–H and O–H groups in total. The van der Waals surface area contributed by atoms with Crippen LogP contribution in [0.15, 0.2) is 24.3 Å². The van der Waals surface area contributed by atoms with Gasteiger partial charge < -0.3 is 10.6 Å². The molecule has 0 aliphatic rings. The van der Waals surface area contributed by atoms with Gasteiger partial charge >= 0.3 is 0 Å². The van der Waals surface area contributed by atoms with Crippen LogP contribution < -0.4 is 10.6 Å². The number of benzene rings is 1. The average Bonchev–Trinajstić information content (AvgIpc) is 2.49. The molecule has 0 heterocycles. The van der Waals surface area contributed by atoms with Gasteiger partial charge in [-0.2, -0.15) is 0 Å². The largest absolute Gasteiger partial charge is 0.355 e. The summed E-state index contributed by atoms with van der Waals surface area (Å²) in [5.41, 5.74) is 2.71. The van der Waals surface area contributed by atoms with E-state index in [1.54, 1.807) is 0 Å². The van der Waals surface area contributed by atoms with Gasteiger partial charge in [0.2, 0.25) is 5.91 Å². The van der Waals surface area contributed by atoms with Crippen LogP contribution in [0.4, 0.5) is 0 Å². The van der Waals surface area contributed by atoms with E-state index in [1.165, 1.54) is 30.4 Å². The minimum atomic E-state index is 0.0538. The van der Waals surface area contributed by atoms with E-state index in [1.807, 2.05) is 13.8 Å². The highest BCUT2D eigenvalue weighted by Gasteiger charge is 2.07. The van der Waals surface area contributed by atoms with Crippen molar-refractivity contribution < 1.29 is 4.79 Å². The molecule has 3 heteroatoms. The predicted molar refractivity (Wildman–Crippen MR) is 89.3 cm³/mol. The summed E-state index contributed by atoms with van der Waals surface area (Å²) in [7, 11) is 0. The van der Waals surface area contributed by atoms with Gasteiger partial charge in [0.25, 0.3) is 0 Å². The monoisotopic (exact) mass is 290 g/mol. The first-order valence-electron chi connectivity index (χ1n) is 8.14. The zero-order chi connectivity index (χ0) is 15.7. The third kappa shape index (κ3) is 6.76. The van der Waals surface area contributed by atoms with Crippen molar-refractivity contribution in [2.75, 3.05) is 13.1 Å². The molecule has 0 saturated heterocycles. The molecule has 0 aliphatic heterocycles. The standard InChI is InChI=1S/C18H30N2O/c1-5-6-7-16-8-10-17(11-9-16)15(4)19-12-13-20-18(21)14(2)3/h8-11,14-15,19H,5-7,12-13H2,1-4H3,(H,20,21). The second kappa shape index (κ2) is 9.56. The SMILES string of the molecule is CCCCc1ccc(C(C)NCCNC(=O)C(C)C)cc1. The molecule has 0 bridgehead atoms. The van der Waals surface area contributed by atoms with Crippen molar-refractivity contribution in [3.8, 4) is 0 Å². The number of aryl methyl sites for hydroxylation is 1. The molecule has 1 rings (SSSR count). The lowest BCUT2D eigenvalue weighted by Crippen LogP contribution is -2.35. The van der Waals surface area contributed by atoms with Gasteiger partial charge in [-0.3, -0.25) is 4.79 Å². The lowest BCUT2D eigenvalue weighted by atomic mass is 10.0. The van der Waals surface area contributed by atoms with Crippen LogP contribution in [0, 0.1) is 5.92 Å². The van der Waals surface area contributed by atoms with Gasteiger partial charge in [0.05, 0.1) is 0 Å². The number of rotatable bonds is 9. The second-order valence-corrected chi connectivity index (χ2v) is 5.97. The first-order valence-corrected chi connectivity index (χ1v) is 8.14. The van der Waals surface area contributed by atoms with Crippen molar-refractivity contribution in [2.24, 2.45) is 5.92 Å². The van der Waals surface area contributed by atoms with Gasteiger partial charge in [-0.25, -0.2) is 0 Å². The number of carbonyl (C=O) groups is 1. The summed E-state index contributed by atoms with van der Waals surface area (Å²) in [6.07, 6.45) is 3.66. The fourth-order valence-electron chi connectivity index (χ4n) is 2.15. The molecule has 1 aromatic rings. The minimum Gasteiger partial charge on any atom is -0.355 e. The smallest absolute Gasteiger partial charge is 0.222 e. The summed E-state index contributed by atoms with van der Waals surface area (Å²) in [5.74, 6) is 0.169. The van der Waals surface area contributed by atoms with Crippen molar-refractivity contribution in [3.63, 3.8) is 0 Å². The van der Waals surface area contributed by atoms with Crippen molar-refractivity contribution in [1.29, 1.82) is 0 Å². The molecule has 0 saturated carbocycles. The van der Waals surface area contributed by atoms with E-state index in [-0.39, 0.29) is 11.8 Å². The van der Waals surface area contributed by atoms with Crippen LogP contribution in [0.2, 0.25) is 0 Å². The van der Waals surface area contributed by atoms with E-state index in [2.05, 4.69) is 48.7 Å². The fourth-order valence-corrected chi connectivity index (χ4v) is 2.15. The maximum atomic E-state index is 11.4. The second-order valence-electron chi connectivity index (χ2n) is 5.97. The normalized spacial score (nSPS) is 12.4. The van der Waals surface area contributed by atoms with Crippen LogP contribution in [0.25, 0.3) is 0 Å². The Labute approximate surface area is 129 Å². The van der Waals surface area contributed by atoms with Crippen molar-refractivity contribution >= 4 is 5.91 Å². The first-order chi connectivity index (χ1) is 10.0. The molecule has 0 spiro atoms. The Hall–Kier alpha value is -1.35. The highest BCUT2D eigenvalue weighted by molar-refractivity contribution is 5.77. The van der Waals surface area contributed by atoms with Gasteiger partial charge in [0.1, 0.15) is 0 Å². The van der Waals surface area contributed by atoms with E-state index in [0.29, 0.717) is 12.6 Å². The summed E-state index contributed by atoms with van der Waals surface area (Å²) in [6, 6.07) is 9.17. The Morgan fingerprint density at radius 2 is 1.76 bits per heavy atom. The molecule has 1 unspecified atom stereocenters. The Kier molecular flexibility index (Phi) is 8.06. The third-order valence-corrected chi connectivity index (χ3v) is 3.70. The molecule has 118 valence electrons. The van der Waals surface area contributed by atoms with E-state index >= 15 is 0 Å². The minimum absolute atomic E-state index is 0.0538. The van der Waals surface area contributed by atoms with Gasteiger partial charge in [-0.05, 0) is 30.9 Å². The maximum Gasteiger partial charge on any atom is 0.222 e. The van der Waals surface area contributed by atoms with Gasteiger partial charge in [0, 0.05) is 25.0 Å². The fraction of sp³-hybridized carbons (Fsp3) is 0.611. The number of nitrogens with one attached hydrogen (secondary N) is 2. The van der Waals surface area contributed by atoms with Gasteiger partial charge in [0.15, 0.2) is 0 Å². The maximum absolute atomic E-state index is 11.4. The van der Waals surface area contributed by atoms with Crippen LogP contribution in [0.3, 0.4) is 0 Å². The highest BCUT2D eigenvalue weighted by Crippen LogP contribution is 2.14. The number of hydrogen-bond donors (Lipinski definition) is 2. The number of unbranched alkanes of at least 4 members (excludes halogenated alkanes) is 1. The topological polar surface area (TPSA) is 41.1 Å². The van der Waals surface area contributed by atoms with Crippen LogP contribution in [-0.4, -0.2) is 19.0 Å². The van der Waals surface area contributed by atoms with Gasteiger partial charge in [-0.1, -0.05) is 51.5 Å². The van der Waals surface area contributed by atoms with Crippen LogP contribution in [-0.2, 0) is 11.2 Å². The Bertz CT molecular complexity index is 412. The number of hydrogen-bond acceptors (Lipinski definition) is 2. The van der Waals surface area contributed by atoms with E-state index < -0.39 is 0 Å². The Morgan fingerprint density at radius 1 is 1.10 bits per heavy atom. The molecule has 0 radical (unpaired) electrons. The zero-order valence-corrected chi connectivity index (χ0v) is 13.9. The molecule has 1 amide bonds. The van der Waals surface area contributed by atoms with E-state index in [4.69, 9.17) is 0 Å². The lowest BCUT2D eigenvalue weighted by molar-refractivity contribution is -0.123. The van der Waals surface area contributed by atoms with Crippen molar-refractivity contribution in [1.82, 2.24) is 10.6 Å². The highest BCUT2D eigenvalue weighted by atomic mass is 16.1. The summed E-state index contributed by atoms with van der Waals surface area (Å²) in [6.45, 7) is 9.66. The molecule has 1 atom stereocenters. The first kappa shape index (κ1) is 17.7. The Morgan fingerprint density at radius 3 is 2.33 bits per heavy atom. The molecule has 0 fully saturated rings. The van der Waals surface area contributed by atoms with E-state index in [9.17, 15) is 4.79 Å². The summed E-state index contributed by atoms with van der Waals surface area (Å²) in [5, 5.41) is 6.36. The zero-order valence-electron chi connectivity index (χ0n) is 13.9. The van der Waals surface area contributed by atoms with E-state index in [0.717, 1.165) is 6.54 Å². The quantitative estimate of drug-likeness (QED) is 0.684. The summed E-state index contributed by atoms with van der Waals surface area (Å²) >= 11 is 0. The predicted octanol–water partition coefficient (Wildman–Crippen LogP) is 3.45. The number of carbonyl (C=O) groups excluding carboxylic acids is 1. The average molecular weight is 290 g/mol. The Balaban J connectivity index is 2.31. The van der Waals surface area contributed by atoms with Crippen molar-refractivity contribution in [3.05, 3.63) is 35.4 Å². The van der Waals surface area contributed by atoms with Crippen LogP contribution in [0.5, 0.6) is 0 Å². The molecule has 1 aromatic carbocycles.